The summed E-state index contributed by atoms with van der Waals surface area (Å²) in [6.07, 6.45) is 1.75. The molecule has 0 unspecified atom stereocenters. The number of aliphatic carboxylic acids is 1. The van der Waals surface area contributed by atoms with Crippen LogP contribution in [0, 0.1) is 11.6 Å². The third-order valence-electron chi connectivity index (χ3n) is 7.56. The highest BCUT2D eigenvalue weighted by Crippen LogP contribution is 2.32. The Bertz CT molecular complexity index is 1500. The van der Waals surface area contributed by atoms with Crippen molar-refractivity contribution in [3.8, 4) is 11.1 Å². The van der Waals surface area contributed by atoms with Crippen LogP contribution in [0.2, 0.25) is 0 Å². The van der Waals surface area contributed by atoms with Crippen molar-refractivity contribution in [2.75, 3.05) is 20.1 Å². The number of carbonyl (C=O) groups is 1. The molecule has 0 bridgehead atoms. The smallest absolute Gasteiger partial charge is 0.303 e. The minimum absolute atomic E-state index is 0.0252. The monoisotopic (exact) mass is 616 g/mol. The van der Waals surface area contributed by atoms with E-state index in [9.17, 15) is 27.1 Å². The molecule has 1 atom stereocenters. The highest BCUT2D eigenvalue weighted by molar-refractivity contribution is 7.89. The van der Waals surface area contributed by atoms with E-state index in [-0.39, 0.29) is 47.5 Å². The number of likely N-dealkylation sites (N-methyl/N-ethyl adjacent to an activating group) is 1. The van der Waals surface area contributed by atoms with E-state index in [1.165, 1.54) is 30.8 Å². The first-order valence-electron chi connectivity index (χ1n) is 14.5. The lowest BCUT2D eigenvalue weighted by Crippen LogP contribution is -2.46. The Balaban J connectivity index is 1.69. The number of benzene rings is 3. The van der Waals surface area contributed by atoms with Crippen LogP contribution < -0.4 is 5.32 Å². The molecule has 3 aromatic carbocycles. The van der Waals surface area contributed by atoms with Gasteiger partial charge in [0.15, 0.2) is 0 Å². The Morgan fingerprint density at radius 2 is 1.72 bits per heavy atom. The molecule has 0 saturated carbocycles. The predicted molar refractivity (Wildman–Crippen MR) is 164 cm³/mol. The molecule has 0 aliphatic carbocycles. The first kappa shape index (κ1) is 34.3. The standard InChI is InChI=1S/C33H42F2N2O5S/c1-5-24-18-25(32-26(14-16-31(39)40)19-27(34)20-29(32)35)13-15-30(24)43(41,42)37(4)22-28(38)21-36-33(2,3)17-9-12-23-10-7-6-8-11-23/h6-8,10-11,13,15,18-20,28,36,38H,5,9,12,14,16-17,21-22H2,1-4H3,(H,39,40)/t28-/m1/s1. The van der Waals surface area contributed by atoms with E-state index >= 15 is 0 Å². The van der Waals surface area contributed by atoms with Crippen LogP contribution in [0.15, 0.2) is 65.6 Å². The first-order chi connectivity index (χ1) is 20.2. The van der Waals surface area contributed by atoms with Crippen LogP contribution in [-0.4, -0.2) is 60.7 Å². The average Bonchev–Trinajstić information content (AvgIpc) is 2.95. The van der Waals surface area contributed by atoms with Crippen molar-refractivity contribution in [2.24, 2.45) is 0 Å². The van der Waals surface area contributed by atoms with E-state index < -0.39 is 33.7 Å². The molecule has 3 N–H and O–H groups in total. The van der Waals surface area contributed by atoms with Crippen LogP contribution in [-0.2, 0) is 34.1 Å². The van der Waals surface area contributed by atoms with Crippen LogP contribution in [0.3, 0.4) is 0 Å². The van der Waals surface area contributed by atoms with Gasteiger partial charge in [0, 0.05) is 43.7 Å². The maximum Gasteiger partial charge on any atom is 0.303 e. The summed E-state index contributed by atoms with van der Waals surface area (Å²) in [5, 5.41) is 23.1. The lowest BCUT2D eigenvalue weighted by Gasteiger charge is -2.29. The Labute approximate surface area is 253 Å². The van der Waals surface area contributed by atoms with E-state index in [4.69, 9.17) is 5.11 Å². The molecule has 3 aromatic rings. The highest BCUT2D eigenvalue weighted by atomic mass is 32.2. The van der Waals surface area contributed by atoms with Crippen LogP contribution in [0.25, 0.3) is 11.1 Å². The van der Waals surface area contributed by atoms with Gasteiger partial charge in [0.1, 0.15) is 11.6 Å². The largest absolute Gasteiger partial charge is 0.481 e. The molecule has 0 radical (unpaired) electrons. The quantitative estimate of drug-likeness (QED) is 0.194. The molecule has 0 saturated heterocycles. The number of sulfonamides is 1. The second kappa shape index (κ2) is 15.0. The number of carboxylic acid groups (broad SMARTS) is 1. The molecule has 0 spiro atoms. The SMILES string of the molecule is CCc1cc(-c2c(F)cc(F)cc2CCC(=O)O)ccc1S(=O)(=O)N(C)C[C@H](O)CNC(C)(C)CCCc1ccccc1. The number of halogens is 2. The van der Waals surface area contributed by atoms with Crippen molar-refractivity contribution >= 4 is 16.0 Å². The number of carboxylic acids is 1. The highest BCUT2D eigenvalue weighted by Gasteiger charge is 2.27. The molecule has 43 heavy (non-hydrogen) atoms. The maximum atomic E-state index is 14.9. The van der Waals surface area contributed by atoms with E-state index in [1.54, 1.807) is 6.92 Å². The fraction of sp³-hybridized carbons (Fsp3) is 0.424. The van der Waals surface area contributed by atoms with Gasteiger partial charge in [-0.3, -0.25) is 4.79 Å². The van der Waals surface area contributed by atoms with Crippen LogP contribution in [0.4, 0.5) is 8.78 Å². The zero-order valence-electron chi connectivity index (χ0n) is 25.2. The number of hydrogen-bond donors (Lipinski definition) is 3. The summed E-state index contributed by atoms with van der Waals surface area (Å²) in [4.78, 5) is 11.1. The van der Waals surface area contributed by atoms with Crippen molar-refractivity contribution < 1.29 is 32.2 Å². The molecular weight excluding hydrogens is 574 g/mol. The number of nitrogens with one attached hydrogen (secondary N) is 1. The van der Waals surface area contributed by atoms with Gasteiger partial charge in [0.2, 0.25) is 10.0 Å². The van der Waals surface area contributed by atoms with E-state index in [1.807, 2.05) is 18.2 Å². The van der Waals surface area contributed by atoms with Gasteiger partial charge in [-0.05, 0) is 86.4 Å². The van der Waals surface area contributed by atoms with Gasteiger partial charge < -0.3 is 15.5 Å². The number of aliphatic hydroxyl groups excluding tert-OH is 1. The van der Waals surface area contributed by atoms with Crippen LogP contribution in [0.1, 0.15) is 56.7 Å². The third kappa shape index (κ3) is 9.66. The van der Waals surface area contributed by atoms with E-state index in [0.29, 0.717) is 17.5 Å². The molecule has 234 valence electrons. The Kier molecular flexibility index (Phi) is 12.0. The second-order valence-corrected chi connectivity index (χ2v) is 13.5. The van der Waals surface area contributed by atoms with Gasteiger partial charge in [-0.15, -0.1) is 0 Å². The maximum absolute atomic E-state index is 14.9. The average molecular weight is 617 g/mol. The number of aliphatic hydroxyl groups is 1. The molecule has 3 rings (SSSR count). The molecule has 10 heteroatoms. The fourth-order valence-electron chi connectivity index (χ4n) is 5.14. The lowest BCUT2D eigenvalue weighted by molar-refractivity contribution is -0.136. The Hall–Kier alpha value is -3.18. The van der Waals surface area contributed by atoms with Crippen molar-refractivity contribution in [1.29, 1.82) is 0 Å². The van der Waals surface area contributed by atoms with E-state index in [0.717, 1.165) is 35.7 Å². The molecule has 0 aromatic heterocycles. The summed E-state index contributed by atoms with van der Waals surface area (Å²) in [6, 6.07) is 16.4. The Morgan fingerprint density at radius 3 is 2.37 bits per heavy atom. The number of β-amino-alcohol motifs (C(OH)–C–C–N with tert-alkyl or cyclic N) is 1. The van der Waals surface area contributed by atoms with Crippen LogP contribution >= 0.6 is 0 Å². The lowest BCUT2D eigenvalue weighted by atomic mass is 9.94. The topological polar surface area (TPSA) is 107 Å². The zero-order valence-corrected chi connectivity index (χ0v) is 26.1. The summed E-state index contributed by atoms with van der Waals surface area (Å²) >= 11 is 0. The van der Waals surface area contributed by atoms with Crippen LogP contribution in [0.5, 0.6) is 0 Å². The molecular formula is C33H42F2N2O5S. The number of rotatable bonds is 16. The normalized spacial score (nSPS) is 12.9. The molecule has 0 aliphatic heterocycles. The summed E-state index contributed by atoms with van der Waals surface area (Å²) in [7, 11) is -2.61. The summed E-state index contributed by atoms with van der Waals surface area (Å²) in [5.74, 6) is -2.77. The van der Waals surface area contributed by atoms with Gasteiger partial charge in [-0.2, -0.15) is 4.31 Å². The van der Waals surface area contributed by atoms with Crippen molar-refractivity contribution in [1.82, 2.24) is 9.62 Å². The summed E-state index contributed by atoms with van der Waals surface area (Å²) in [5.41, 5.74) is 2.00. The first-order valence-corrected chi connectivity index (χ1v) is 15.9. The van der Waals surface area contributed by atoms with Crippen molar-refractivity contribution in [3.63, 3.8) is 0 Å². The van der Waals surface area contributed by atoms with Gasteiger partial charge in [0.25, 0.3) is 0 Å². The minimum Gasteiger partial charge on any atom is -0.481 e. The molecule has 0 amide bonds. The molecule has 0 aliphatic rings. The van der Waals surface area contributed by atoms with Crippen molar-refractivity contribution in [2.45, 2.75) is 75.8 Å². The van der Waals surface area contributed by atoms with Gasteiger partial charge >= 0.3 is 5.97 Å². The Morgan fingerprint density at radius 1 is 1.02 bits per heavy atom. The minimum atomic E-state index is -4.01. The molecule has 7 nitrogen and oxygen atoms in total. The van der Waals surface area contributed by atoms with Gasteiger partial charge in [-0.1, -0.05) is 43.3 Å². The number of aryl methyl sites for hydroxylation is 3. The van der Waals surface area contributed by atoms with E-state index in [2.05, 4.69) is 31.3 Å². The predicted octanol–water partition coefficient (Wildman–Crippen LogP) is 5.58. The molecule has 0 heterocycles. The van der Waals surface area contributed by atoms with Crippen molar-refractivity contribution in [3.05, 3.63) is 89.0 Å². The summed E-state index contributed by atoms with van der Waals surface area (Å²) in [6.45, 7) is 5.95. The fourth-order valence-corrected chi connectivity index (χ4v) is 6.62. The molecule has 0 fully saturated rings. The third-order valence-corrected chi connectivity index (χ3v) is 9.48. The van der Waals surface area contributed by atoms with Gasteiger partial charge in [0.05, 0.1) is 11.0 Å². The van der Waals surface area contributed by atoms with Gasteiger partial charge in [-0.25, -0.2) is 17.2 Å². The summed E-state index contributed by atoms with van der Waals surface area (Å²) < 4.78 is 57.0. The number of nitrogens with zero attached hydrogens (tertiary/aromatic N) is 1. The number of hydrogen-bond acceptors (Lipinski definition) is 5. The zero-order chi connectivity index (χ0) is 31.8. The second-order valence-electron chi connectivity index (χ2n) is 11.5.